The molecule has 1 aliphatic carbocycles. The number of carbonyl (C=O) groups excluding carboxylic acids is 5. The quantitative estimate of drug-likeness (QED) is 0.0742. The van der Waals surface area contributed by atoms with Gasteiger partial charge in [0.05, 0.1) is 28.4 Å². The van der Waals surface area contributed by atoms with E-state index in [9.17, 15) is 24.0 Å². The van der Waals surface area contributed by atoms with Crippen molar-refractivity contribution in [1.29, 1.82) is 0 Å². The minimum Gasteiger partial charge on any atom is -0.459 e. The Balaban J connectivity index is 1.42. The van der Waals surface area contributed by atoms with Crippen molar-refractivity contribution in [3.8, 4) is 0 Å². The minimum absolute atomic E-state index is 0.0780. The first kappa shape index (κ1) is 41.5. The molecule has 1 aliphatic heterocycles. The highest BCUT2D eigenvalue weighted by atomic mass is 16.7. The zero-order valence-electron chi connectivity index (χ0n) is 32.8. The van der Waals surface area contributed by atoms with Gasteiger partial charge in [0, 0.05) is 0 Å². The van der Waals surface area contributed by atoms with E-state index in [1.54, 1.807) is 121 Å². The molecule has 1 heterocycles. The number of ether oxygens (including phenoxy) is 6. The van der Waals surface area contributed by atoms with Crippen molar-refractivity contribution in [2.75, 3.05) is 6.61 Å². The Kier molecular flexibility index (Phi) is 13.5. The van der Waals surface area contributed by atoms with Gasteiger partial charge in [0.25, 0.3) is 0 Å². The van der Waals surface area contributed by atoms with Gasteiger partial charge >= 0.3 is 23.9 Å². The van der Waals surface area contributed by atoms with Gasteiger partial charge in [0.1, 0.15) is 12.7 Å². The van der Waals surface area contributed by atoms with Crippen LogP contribution in [-0.2, 0) is 33.2 Å². The average Bonchev–Trinajstić information content (AvgIpc) is 3.22. The van der Waals surface area contributed by atoms with E-state index >= 15 is 0 Å². The highest BCUT2D eigenvalue weighted by Gasteiger charge is 2.54. The molecule has 11 nitrogen and oxygen atoms in total. The molecule has 0 radical (unpaired) electrons. The molecule has 0 aromatic heterocycles. The lowest BCUT2D eigenvalue weighted by Crippen LogP contribution is -2.63. The lowest BCUT2D eigenvalue weighted by molar-refractivity contribution is -0.310. The molecule has 11 heteroatoms. The molecule has 1 fully saturated rings. The molecule has 4 aromatic rings. The third-order valence-corrected chi connectivity index (χ3v) is 10.0. The first-order valence-electron chi connectivity index (χ1n) is 19.1. The summed E-state index contributed by atoms with van der Waals surface area (Å²) in [5.41, 5.74) is 2.35. The van der Waals surface area contributed by atoms with E-state index in [1.807, 2.05) is 26.8 Å². The topological polar surface area (TPSA) is 141 Å². The van der Waals surface area contributed by atoms with Crippen LogP contribution in [0, 0.1) is 5.41 Å². The normalized spacial score (nSPS) is 22.8. The minimum atomic E-state index is -1.53. The maximum atomic E-state index is 13.9. The van der Waals surface area contributed by atoms with E-state index in [2.05, 4.69) is 0 Å². The molecule has 0 amide bonds. The number of hydrogen-bond donors (Lipinski definition) is 0. The van der Waals surface area contributed by atoms with Gasteiger partial charge in [0.15, 0.2) is 30.4 Å². The summed E-state index contributed by atoms with van der Waals surface area (Å²) in [6.07, 6.45) is -3.48. The summed E-state index contributed by atoms with van der Waals surface area (Å²) in [5, 5.41) is 0. The van der Waals surface area contributed by atoms with E-state index < -0.39 is 72.7 Å². The van der Waals surface area contributed by atoms with Gasteiger partial charge in [-0.25, -0.2) is 19.2 Å². The van der Waals surface area contributed by atoms with Crippen molar-refractivity contribution in [2.45, 2.75) is 77.3 Å². The lowest BCUT2D eigenvalue weighted by atomic mass is 9.71. The Bertz CT molecular complexity index is 2130. The summed E-state index contributed by atoms with van der Waals surface area (Å²) < 4.78 is 37.6. The number of benzene rings is 4. The van der Waals surface area contributed by atoms with Crippen molar-refractivity contribution in [1.82, 2.24) is 0 Å². The maximum Gasteiger partial charge on any atom is 0.338 e. The molecule has 6 rings (SSSR count). The third-order valence-electron chi connectivity index (χ3n) is 10.0. The van der Waals surface area contributed by atoms with E-state index in [0.717, 1.165) is 11.1 Å². The molecule has 1 unspecified atom stereocenters. The Hall–Kier alpha value is -6.17. The highest BCUT2D eigenvalue weighted by Crippen LogP contribution is 2.43. The van der Waals surface area contributed by atoms with Crippen molar-refractivity contribution < 1.29 is 52.4 Å². The lowest BCUT2D eigenvalue weighted by Gasteiger charge is -2.46. The van der Waals surface area contributed by atoms with Gasteiger partial charge in [-0.2, -0.15) is 0 Å². The fourth-order valence-corrected chi connectivity index (χ4v) is 7.27. The molecule has 58 heavy (non-hydrogen) atoms. The van der Waals surface area contributed by atoms with E-state index in [1.165, 1.54) is 13.0 Å². The van der Waals surface area contributed by atoms with Crippen LogP contribution >= 0.6 is 0 Å². The van der Waals surface area contributed by atoms with Crippen LogP contribution in [0.2, 0.25) is 0 Å². The second-order valence-corrected chi connectivity index (χ2v) is 14.9. The van der Waals surface area contributed by atoms with Crippen molar-refractivity contribution >= 4 is 29.7 Å². The third kappa shape index (κ3) is 10.4. The number of hydrogen-bond acceptors (Lipinski definition) is 11. The summed E-state index contributed by atoms with van der Waals surface area (Å²) in [5.74, 6) is -3.12. The molecule has 300 valence electrons. The number of ketones is 1. The van der Waals surface area contributed by atoms with Crippen LogP contribution in [0.25, 0.3) is 0 Å². The van der Waals surface area contributed by atoms with Gasteiger partial charge in [0.2, 0.25) is 0 Å². The van der Waals surface area contributed by atoms with Crippen LogP contribution in [0.5, 0.6) is 0 Å². The number of carbonyl (C=O) groups is 5. The fraction of sp³-hybridized carbons (Fsp3) is 0.298. The molecule has 1 saturated heterocycles. The average molecular weight is 787 g/mol. The van der Waals surface area contributed by atoms with Crippen LogP contribution in [-0.4, -0.2) is 73.1 Å². The van der Waals surface area contributed by atoms with E-state index in [-0.39, 0.29) is 28.0 Å². The Labute approximate surface area is 337 Å². The molecule has 0 saturated carbocycles. The second kappa shape index (κ2) is 18.8. The van der Waals surface area contributed by atoms with Crippen LogP contribution < -0.4 is 0 Å². The van der Waals surface area contributed by atoms with E-state index in [4.69, 9.17) is 28.4 Å². The summed E-state index contributed by atoms with van der Waals surface area (Å²) in [7, 11) is 0. The maximum absolute atomic E-state index is 13.9. The van der Waals surface area contributed by atoms with Crippen molar-refractivity contribution in [3.05, 3.63) is 167 Å². The predicted molar refractivity (Wildman–Crippen MR) is 213 cm³/mol. The Morgan fingerprint density at radius 2 is 1.07 bits per heavy atom. The Morgan fingerprint density at radius 1 is 0.638 bits per heavy atom. The highest BCUT2D eigenvalue weighted by molar-refractivity contribution is 5.92. The molecule has 0 bridgehead atoms. The number of allylic oxidation sites excluding steroid dienone is 3. The largest absolute Gasteiger partial charge is 0.459 e. The summed E-state index contributed by atoms with van der Waals surface area (Å²) in [6.45, 7) is 7.06. The molecular weight excluding hydrogens is 741 g/mol. The van der Waals surface area contributed by atoms with Crippen LogP contribution in [0.3, 0.4) is 0 Å². The van der Waals surface area contributed by atoms with Crippen molar-refractivity contribution in [2.24, 2.45) is 5.41 Å². The van der Waals surface area contributed by atoms with Crippen LogP contribution in [0.1, 0.15) is 82.0 Å². The van der Waals surface area contributed by atoms with E-state index in [0.29, 0.717) is 12.8 Å². The molecule has 4 aromatic carbocycles. The molecular formula is C47H46O11. The van der Waals surface area contributed by atoms with Gasteiger partial charge in [-0.05, 0) is 92.3 Å². The summed E-state index contributed by atoms with van der Waals surface area (Å²) in [6, 6.07) is 32.9. The van der Waals surface area contributed by atoms with Gasteiger partial charge in [-0.1, -0.05) is 98.3 Å². The van der Waals surface area contributed by atoms with Gasteiger partial charge in [-0.15, -0.1) is 0 Å². The summed E-state index contributed by atoms with van der Waals surface area (Å²) >= 11 is 0. The number of rotatable bonds is 13. The molecule has 0 N–H and O–H groups in total. The molecule has 2 aliphatic rings. The fourth-order valence-electron chi connectivity index (χ4n) is 7.27. The Morgan fingerprint density at radius 3 is 1.52 bits per heavy atom. The van der Waals surface area contributed by atoms with Crippen molar-refractivity contribution in [3.63, 3.8) is 0 Å². The molecule has 0 spiro atoms. The monoisotopic (exact) mass is 786 g/mol. The zero-order valence-corrected chi connectivity index (χ0v) is 32.8. The van der Waals surface area contributed by atoms with Gasteiger partial charge < -0.3 is 28.4 Å². The standard InChI is InChI=1S/C47H46O11/c1-30-27-36(28-47(3,4)37(30)26-25-31(2)48)54-46-41(58-45(52)35-23-15-8-16-24-35)40(57-44(51)34-21-13-7-14-22-34)39(56-43(50)33-19-11-6-12-20-33)38(55-46)29-53-42(49)32-17-9-5-10-18-32/h5-26,36,38-41,46H,27-29H2,1-4H3/b26-25+/t36?,38-,39-,40+,41-,46+/m1/s1. The smallest absolute Gasteiger partial charge is 0.338 e. The van der Waals surface area contributed by atoms with Crippen LogP contribution in [0.15, 0.2) is 145 Å². The second-order valence-electron chi connectivity index (χ2n) is 14.9. The first-order valence-corrected chi connectivity index (χ1v) is 19.1. The SMILES string of the molecule is CC(=O)/C=C/C1=C(C)CC(O[C@H]2O[C@H](COC(=O)c3ccccc3)[C@@H](OC(=O)c3ccccc3)[C@H](OC(=O)c3ccccc3)[C@H]2OC(=O)c2ccccc2)CC1(C)C. The number of esters is 4. The molecule has 6 atom stereocenters. The van der Waals surface area contributed by atoms with Crippen LogP contribution in [0.4, 0.5) is 0 Å². The zero-order chi connectivity index (χ0) is 41.2. The van der Waals surface area contributed by atoms with Gasteiger partial charge in [-0.3, -0.25) is 4.79 Å². The summed E-state index contributed by atoms with van der Waals surface area (Å²) in [4.78, 5) is 66.8. The first-order chi connectivity index (χ1) is 27.9. The predicted octanol–water partition coefficient (Wildman–Crippen LogP) is 7.91.